The van der Waals surface area contributed by atoms with Gasteiger partial charge in [-0.3, -0.25) is 14.9 Å². The van der Waals surface area contributed by atoms with Crippen LogP contribution < -0.4 is 25.4 Å². The second-order valence-corrected chi connectivity index (χ2v) is 12.6. The Morgan fingerprint density at radius 2 is 2.02 bits per heavy atom. The lowest BCUT2D eigenvalue weighted by atomic mass is 9.81. The monoisotopic (exact) mass is 583 g/mol. The van der Waals surface area contributed by atoms with Crippen molar-refractivity contribution in [3.05, 3.63) is 47.6 Å². The fourth-order valence-corrected chi connectivity index (χ4v) is 5.68. The number of rotatable bonds is 10. The van der Waals surface area contributed by atoms with Gasteiger partial charge in [0.25, 0.3) is 0 Å². The van der Waals surface area contributed by atoms with Gasteiger partial charge in [0.1, 0.15) is 24.2 Å². The van der Waals surface area contributed by atoms with Crippen LogP contribution in [0.2, 0.25) is 5.02 Å². The van der Waals surface area contributed by atoms with Gasteiger partial charge in [-0.05, 0) is 36.0 Å². The average molecular weight is 584 g/mol. The van der Waals surface area contributed by atoms with Crippen LogP contribution in [0.15, 0.2) is 42.6 Å². The lowest BCUT2D eigenvalue weighted by molar-refractivity contribution is -0.143. The predicted molar refractivity (Wildman–Crippen MR) is 155 cm³/mol. The van der Waals surface area contributed by atoms with Gasteiger partial charge in [0.15, 0.2) is 0 Å². The SMILES string of the molecule is CC(C)(C)[C@@H](NC1Nc2ccccc2O1)C(=O)N1C[C@H](Oc2ccc(Cl)cn2)C[C@@H]1C(=O)NC(C=O)CC1CCC1. The molecule has 2 amide bonds. The standard InChI is InChI=1S/C30H38ClN5O5/c1-30(2,3)26(35-29-34-22-9-4-5-10-24(22)41-29)28(39)36-16-21(40-25-12-11-19(31)15-32-25)14-23(36)27(38)33-20(17-37)13-18-7-6-8-18/h4-5,9-12,15,17-18,20-21,23,26,29,34-35H,6-8,13-14,16H2,1-3H3,(H,33,38)/t20?,21-,23-,26+,29?/m1/s1. The van der Waals surface area contributed by atoms with Crippen molar-refractivity contribution in [2.75, 3.05) is 11.9 Å². The lowest BCUT2D eigenvalue weighted by Gasteiger charge is -2.37. The fourth-order valence-electron chi connectivity index (χ4n) is 5.56. The summed E-state index contributed by atoms with van der Waals surface area (Å²) in [6.07, 6.45) is 5.34. The number of aromatic nitrogens is 1. The van der Waals surface area contributed by atoms with E-state index in [1.807, 2.05) is 45.0 Å². The number of para-hydroxylation sites is 2. The van der Waals surface area contributed by atoms with E-state index in [0.29, 0.717) is 29.0 Å². The number of pyridine rings is 1. The van der Waals surface area contributed by atoms with E-state index in [4.69, 9.17) is 21.1 Å². The van der Waals surface area contributed by atoms with Gasteiger partial charge >= 0.3 is 0 Å². The molecule has 1 aliphatic carbocycles. The van der Waals surface area contributed by atoms with Crippen molar-refractivity contribution >= 4 is 35.4 Å². The molecule has 0 bridgehead atoms. The zero-order valence-electron chi connectivity index (χ0n) is 23.6. The molecule has 2 aromatic rings. The first kappa shape index (κ1) is 29.1. The Morgan fingerprint density at radius 3 is 2.66 bits per heavy atom. The highest BCUT2D eigenvalue weighted by Crippen LogP contribution is 2.33. The number of halogens is 1. The van der Waals surface area contributed by atoms with Crippen LogP contribution >= 0.6 is 11.6 Å². The van der Waals surface area contributed by atoms with E-state index in [1.54, 1.807) is 17.0 Å². The van der Waals surface area contributed by atoms with Gasteiger partial charge < -0.3 is 29.8 Å². The van der Waals surface area contributed by atoms with Gasteiger partial charge in [0.05, 0.1) is 29.3 Å². The van der Waals surface area contributed by atoms with Gasteiger partial charge in [-0.1, -0.05) is 63.8 Å². The van der Waals surface area contributed by atoms with Crippen molar-refractivity contribution in [1.82, 2.24) is 20.5 Å². The van der Waals surface area contributed by atoms with E-state index in [1.165, 1.54) is 6.20 Å². The van der Waals surface area contributed by atoms with Crippen LogP contribution in [0, 0.1) is 11.3 Å². The Morgan fingerprint density at radius 1 is 1.24 bits per heavy atom. The number of benzene rings is 1. The van der Waals surface area contributed by atoms with E-state index < -0.39 is 36.0 Å². The molecule has 41 heavy (non-hydrogen) atoms. The number of likely N-dealkylation sites (tertiary alicyclic amines) is 1. The summed E-state index contributed by atoms with van der Waals surface area (Å²) in [7, 11) is 0. The minimum atomic E-state index is -0.815. The van der Waals surface area contributed by atoms with Crippen LogP contribution in [0.3, 0.4) is 0 Å². The fraction of sp³-hybridized carbons (Fsp3) is 0.533. The number of carbonyl (C=O) groups is 3. The molecule has 3 heterocycles. The summed E-state index contributed by atoms with van der Waals surface area (Å²) in [6.45, 7) is 6.07. The van der Waals surface area contributed by atoms with Crippen LogP contribution in [0.4, 0.5) is 5.69 Å². The minimum absolute atomic E-state index is 0.184. The number of nitrogens with one attached hydrogen (secondary N) is 3. The normalized spacial score (nSPS) is 23.4. The van der Waals surface area contributed by atoms with Crippen LogP contribution in [-0.4, -0.2) is 65.1 Å². The first-order chi connectivity index (χ1) is 19.6. The molecule has 3 N–H and O–H groups in total. The molecular formula is C30H38ClN5O5. The third kappa shape index (κ3) is 6.93. The topological polar surface area (TPSA) is 122 Å². The third-order valence-electron chi connectivity index (χ3n) is 7.99. The molecular weight excluding hydrogens is 546 g/mol. The van der Waals surface area contributed by atoms with Crippen molar-refractivity contribution in [3.8, 4) is 11.6 Å². The molecule has 1 aromatic heterocycles. The highest BCUT2D eigenvalue weighted by molar-refractivity contribution is 6.30. The smallest absolute Gasteiger partial charge is 0.243 e. The molecule has 0 spiro atoms. The van der Waals surface area contributed by atoms with E-state index in [0.717, 1.165) is 31.2 Å². The summed E-state index contributed by atoms with van der Waals surface area (Å²) < 4.78 is 12.1. The number of fused-ring (bicyclic) bond motifs is 1. The third-order valence-corrected chi connectivity index (χ3v) is 8.21. The maximum atomic E-state index is 14.2. The van der Waals surface area contributed by atoms with Crippen molar-refractivity contribution in [2.45, 2.75) is 83.5 Å². The molecule has 2 fully saturated rings. The molecule has 5 rings (SSSR count). The second kappa shape index (κ2) is 12.2. The van der Waals surface area contributed by atoms with Crippen molar-refractivity contribution in [3.63, 3.8) is 0 Å². The van der Waals surface area contributed by atoms with Crippen LogP contribution in [0.5, 0.6) is 11.6 Å². The average Bonchev–Trinajstić information content (AvgIpc) is 3.53. The van der Waals surface area contributed by atoms with Gasteiger partial charge in [-0.2, -0.15) is 0 Å². The number of ether oxygens (including phenoxy) is 2. The molecule has 10 nitrogen and oxygen atoms in total. The first-order valence-corrected chi connectivity index (χ1v) is 14.6. The van der Waals surface area contributed by atoms with Gasteiger partial charge in [0, 0.05) is 18.7 Å². The predicted octanol–water partition coefficient (Wildman–Crippen LogP) is 3.75. The highest BCUT2D eigenvalue weighted by Gasteiger charge is 2.46. The van der Waals surface area contributed by atoms with Crippen LogP contribution in [-0.2, 0) is 14.4 Å². The highest BCUT2D eigenvalue weighted by atomic mass is 35.5. The van der Waals surface area contributed by atoms with E-state index in [2.05, 4.69) is 20.9 Å². The zero-order chi connectivity index (χ0) is 29.1. The number of hydrogen-bond donors (Lipinski definition) is 3. The molecule has 11 heteroatoms. The zero-order valence-corrected chi connectivity index (χ0v) is 24.4. The number of anilines is 1. The quantitative estimate of drug-likeness (QED) is 0.362. The molecule has 220 valence electrons. The maximum absolute atomic E-state index is 14.2. The Balaban J connectivity index is 1.34. The van der Waals surface area contributed by atoms with Crippen molar-refractivity contribution in [2.24, 2.45) is 11.3 Å². The summed E-state index contributed by atoms with van der Waals surface area (Å²) in [5.74, 6) is 0.877. The number of amides is 2. The van der Waals surface area contributed by atoms with Crippen LogP contribution in [0.25, 0.3) is 0 Å². The maximum Gasteiger partial charge on any atom is 0.243 e. The summed E-state index contributed by atoms with van der Waals surface area (Å²) in [6, 6.07) is 8.79. The Kier molecular flexibility index (Phi) is 8.70. The summed E-state index contributed by atoms with van der Waals surface area (Å²) in [4.78, 5) is 45.5. The molecule has 1 aromatic carbocycles. The van der Waals surface area contributed by atoms with Gasteiger partial charge in [0.2, 0.25) is 24.0 Å². The van der Waals surface area contributed by atoms with Crippen molar-refractivity contribution < 1.29 is 23.9 Å². The van der Waals surface area contributed by atoms with Crippen molar-refractivity contribution in [1.29, 1.82) is 0 Å². The molecule has 1 saturated heterocycles. The van der Waals surface area contributed by atoms with Crippen LogP contribution in [0.1, 0.15) is 52.9 Å². The van der Waals surface area contributed by atoms with E-state index >= 15 is 0 Å². The Bertz CT molecular complexity index is 1220. The number of aldehydes is 1. The minimum Gasteiger partial charge on any atom is -0.472 e. The Hall–Kier alpha value is -3.37. The first-order valence-electron chi connectivity index (χ1n) is 14.2. The number of nitrogens with zero attached hydrogens (tertiary/aromatic N) is 2. The molecule has 2 unspecified atom stereocenters. The number of carbonyl (C=O) groups excluding carboxylic acids is 3. The summed E-state index contributed by atoms with van der Waals surface area (Å²) in [5, 5.41) is 9.96. The second-order valence-electron chi connectivity index (χ2n) is 12.2. The molecule has 5 atom stereocenters. The summed E-state index contributed by atoms with van der Waals surface area (Å²) >= 11 is 5.97. The largest absolute Gasteiger partial charge is 0.472 e. The number of hydrogen-bond acceptors (Lipinski definition) is 8. The molecule has 0 radical (unpaired) electrons. The summed E-state index contributed by atoms with van der Waals surface area (Å²) in [5.41, 5.74) is 0.309. The van der Waals surface area contributed by atoms with Gasteiger partial charge in [-0.25, -0.2) is 4.98 Å². The molecule has 2 aliphatic heterocycles. The van der Waals surface area contributed by atoms with E-state index in [-0.39, 0.29) is 24.8 Å². The van der Waals surface area contributed by atoms with E-state index in [9.17, 15) is 14.4 Å². The Labute approximate surface area is 245 Å². The molecule has 3 aliphatic rings. The lowest BCUT2D eigenvalue weighted by Crippen LogP contribution is -2.60. The van der Waals surface area contributed by atoms with Gasteiger partial charge in [-0.15, -0.1) is 0 Å². The molecule has 1 saturated carbocycles.